The van der Waals surface area contributed by atoms with Crippen molar-refractivity contribution in [3.8, 4) is 0 Å². The summed E-state index contributed by atoms with van der Waals surface area (Å²) in [5.41, 5.74) is 6.43. The summed E-state index contributed by atoms with van der Waals surface area (Å²) >= 11 is 0. The van der Waals surface area contributed by atoms with Crippen LogP contribution in [-0.2, 0) is 14.8 Å². The van der Waals surface area contributed by atoms with Gasteiger partial charge in [0.15, 0.2) is 0 Å². The summed E-state index contributed by atoms with van der Waals surface area (Å²) in [5, 5.41) is 0.595. The van der Waals surface area contributed by atoms with Crippen LogP contribution in [0, 0.1) is 0 Å². The predicted octanol–water partition coefficient (Wildman–Crippen LogP) is 1.60. The van der Waals surface area contributed by atoms with Crippen molar-refractivity contribution in [1.29, 1.82) is 0 Å². The van der Waals surface area contributed by atoms with Crippen molar-refractivity contribution in [1.82, 2.24) is 9.71 Å². The van der Waals surface area contributed by atoms with Gasteiger partial charge in [-0.05, 0) is 38.5 Å². The third-order valence-electron chi connectivity index (χ3n) is 4.21. The Morgan fingerprint density at radius 3 is 2.90 bits per heavy atom. The van der Waals surface area contributed by atoms with E-state index in [0.29, 0.717) is 24.1 Å². The number of sulfonamides is 1. The number of nitrogen functional groups attached to an aromatic ring is 1. The second-order valence-corrected chi connectivity index (χ2v) is 7.39. The topological polar surface area (TPSA) is 97.2 Å². The molecule has 1 saturated heterocycles. The molecular formula is C14H19N3O3S. The monoisotopic (exact) mass is 309 g/mol. The van der Waals surface area contributed by atoms with Crippen LogP contribution in [0.4, 0.5) is 5.69 Å². The molecule has 0 saturated carbocycles. The van der Waals surface area contributed by atoms with E-state index in [9.17, 15) is 8.42 Å². The minimum Gasteiger partial charge on any atom is -0.399 e. The van der Waals surface area contributed by atoms with E-state index in [-0.39, 0.29) is 11.0 Å². The molecule has 0 spiro atoms. The number of H-pyrrole nitrogens is 1. The van der Waals surface area contributed by atoms with Gasteiger partial charge in [-0.15, -0.1) is 0 Å². The molecule has 2 atom stereocenters. The number of hydrogen-bond acceptors (Lipinski definition) is 4. The van der Waals surface area contributed by atoms with Gasteiger partial charge in [-0.1, -0.05) is 0 Å². The van der Waals surface area contributed by atoms with Gasteiger partial charge in [0.2, 0.25) is 10.0 Å². The summed E-state index contributed by atoms with van der Waals surface area (Å²) in [6, 6.07) is 5.17. The fourth-order valence-corrected chi connectivity index (χ4v) is 4.33. The normalized spacial score (nSPS) is 26.5. The maximum atomic E-state index is 12.7. The van der Waals surface area contributed by atoms with Gasteiger partial charge in [0, 0.05) is 29.4 Å². The molecular weight excluding hydrogens is 290 g/mol. The summed E-state index contributed by atoms with van der Waals surface area (Å²) in [5.74, 6) is 0. The molecule has 1 aromatic heterocycles. The largest absolute Gasteiger partial charge is 0.399 e. The van der Waals surface area contributed by atoms with Crippen LogP contribution in [0.3, 0.4) is 0 Å². The average molecular weight is 309 g/mol. The van der Waals surface area contributed by atoms with Crippen molar-refractivity contribution in [2.24, 2.45) is 0 Å². The van der Waals surface area contributed by atoms with Crippen LogP contribution < -0.4 is 10.5 Å². The van der Waals surface area contributed by atoms with Gasteiger partial charge in [0.05, 0.1) is 11.6 Å². The molecule has 6 nitrogen and oxygen atoms in total. The summed E-state index contributed by atoms with van der Waals surface area (Å²) in [4.78, 5) is 3.18. The van der Waals surface area contributed by atoms with Crippen LogP contribution in [0.15, 0.2) is 29.3 Å². The molecule has 2 unspecified atom stereocenters. The van der Waals surface area contributed by atoms with Gasteiger partial charge in [-0.25, -0.2) is 13.1 Å². The average Bonchev–Trinajstić information content (AvgIpc) is 2.93. The van der Waals surface area contributed by atoms with E-state index in [2.05, 4.69) is 9.71 Å². The first-order valence-corrected chi connectivity index (χ1v) is 8.32. The zero-order valence-electron chi connectivity index (χ0n) is 12.0. The summed E-state index contributed by atoms with van der Waals surface area (Å²) in [6.07, 6.45) is 1.98. The summed E-state index contributed by atoms with van der Waals surface area (Å²) in [7, 11) is -3.65. The first-order chi connectivity index (χ1) is 9.82. The van der Waals surface area contributed by atoms with E-state index in [1.54, 1.807) is 18.2 Å². The van der Waals surface area contributed by atoms with E-state index in [4.69, 9.17) is 10.5 Å². The lowest BCUT2D eigenvalue weighted by Crippen LogP contribution is -2.50. The van der Waals surface area contributed by atoms with Crippen LogP contribution in [0.2, 0.25) is 0 Å². The van der Waals surface area contributed by atoms with Gasteiger partial charge in [-0.2, -0.15) is 0 Å². The molecule has 4 N–H and O–H groups in total. The van der Waals surface area contributed by atoms with E-state index in [1.165, 1.54) is 6.20 Å². The SMILES string of the molecule is CC1OCCC1(C)NS(=O)(=O)c1c[nH]c2ccc(N)cc12. The fourth-order valence-electron chi connectivity index (χ4n) is 2.67. The second kappa shape index (κ2) is 4.72. The van der Waals surface area contributed by atoms with E-state index in [0.717, 1.165) is 5.52 Å². The third-order valence-corrected chi connectivity index (χ3v) is 5.86. The number of anilines is 1. The minimum absolute atomic E-state index is 0.164. The molecule has 21 heavy (non-hydrogen) atoms. The van der Waals surface area contributed by atoms with Crippen molar-refractivity contribution in [3.63, 3.8) is 0 Å². The maximum Gasteiger partial charge on any atom is 0.243 e. The molecule has 2 aromatic rings. The summed E-state index contributed by atoms with van der Waals surface area (Å²) < 4.78 is 33.7. The molecule has 0 amide bonds. The Hall–Kier alpha value is -1.57. The highest BCUT2D eigenvalue weighted by molar-refractivity contribution is 7.89. The van der Waals surface area contributed by atoms with Gasteiger partial charge in [-0.3, -0.25) is 0 Å². The molecule has 1 aliphatic heterocycles. The van der Waals surface area contributed by atoms with Crippen LogP contribution in [0.1, 0.15) is 20.3 Å². The van der Waals surface area contributed by atoms with Crippen LogP contribution in [0.5, 0.6) is 0 Å². The maximum absolute atomic E-state index is 12.7. The van der Waals surface area contributed by atoms with Crippen molar-refractivity contribution >= 4 is 26.6 Å². The van der Waals surface area contributed by atoms with Crippen LogP contribution in [-0.4, -0.2) is 31.7 Å². The van der Waals surface area contributed by atoms with Crippen molar-refractivity contribution in [2.75, 3.05) is 12.3 Å². The number of nitrogens with two attached hydrogens (primary N) is 1. The molecule has 2 heterocycles. The second-order valence-electron chi connectivity index (χ2n) is 5.74. The summed E-state index contributed by atoms with van der Waals surface area (Å²) in [6.45, 7) is 4.30. The number of nitrogens with one attached hydrogen (secondary N) is 2. The number of rotatable bonds is 3. The Labute approximate surface area is 123 Å². The van der Waals surface area contributed by atoms with E-state index < -0.39 is 15.6 Å². The number of fused-ring (bicyclic) bond motifs is 1. The minimum atomic E-state index is -3.65. The number of ether oxygens (including phenoxy) is 1. The molecule has 114 valence electrons. The predicted molar refractivity (Wildman–Crippen MR) is 81.5 cm³/mol. The number of aromatic amines is 1. The molecule has 1 aliphatic rings. The van der Waals surface area contributed by atoms with E-state index in [1.807, 2.05) is 13.8 Å². The van der Waals surface area contributed by atoms with Crippen LogP contribution in [0.25, 0.3) is 10.9 Å². The highest BCUT2D eigenvalue weighted by Crippen LogP contribution is 2.30. The fraction of sp³-hybridized carbons (Fsp3) is 0.429. The molecule has 7 heteroatoms. The van der Waals surface area contributed by atoms with Gasteiger partial charge in [0.1, 0.15) is 4.90 Å². The first kappa shape index (κ1) is 14.4. The quantitative estimate of drug-likeness (QED) is 0.750. The van der Waals surface area contributed by atoms with Gasteiger partial charge < -0.3 is 15.5 Å². The Kier molecular flexibility index (Phi) is 3.23. The Balaban J connectivity index is 2.03. The Morgan fingerprint density at radius 1 is 1.48 bits per heavy atom. The smallest absolute Gasteiger partial charge is 0.243 e. The van der Waals surface area contributed by atoms with Crippen molar-refractivity contribution < 1.29 is 13.2 Å². The molecule has 0 aliphatic carbocycles. The molecule has 1 fully saturated rings. The van der Waals surface area contributed by atoms with E-state index >= 15 is 0 Å². The molecule has 3 rings (SSSR count). The first-order valence-electron chi connectivity index (χ1n) is 6.84. The van der Waals surface area contributed by atoms with Crippen molar-refractivity contribution in [2.45, 2.75) is 36.8 Å². The lowest BCUT2D eigenvalue weighted by molar-refractivity contribution is 0.0957. The highest BCUT2D eigenvalue weighted by atomic mass is 32.2. The third kappa shape index (κ3) is 2.41. The lowest BCUT2D eigenvalue weighted by atomic mass is 9.97. The Morgan fingerprint density at radius 2 is 2.24 bits per heavy atom. The zero-order valence-corrected chi connectivity index (χ0v) is 12.8. The van der Waals surface area contributed by atoms with Crippen molar-refractivity contribution in [3.05, 3.63) is 24.4 Å². The van der Waals surface area contributed by atoms with Gasteiger partial charge in [0.25, 0.3) is 0 Å². The molecule has 0 bridgehead atoms. The number of hydrogen-bond donors (Lipinski definition) is 3. The number of benzene rings is 1. The van der Waals surface area contributed by atoms with Crippen LogP contribution >= 0.6 is 0 Å². The Bertz CT molecular complexity index is 784. The number of aromatic nitrogens is 1. The molecule has 0 radical (unpaired) electrons. The highest BCUT2D eigenvalue weighted by Gasteiger charge is 2.41. The lowest BCUT2D eigenvalue weighted by Gasteiger charge is -2.28. The van der Waals surface area contributed by atoms with Gasteiger partial charge >= 0.3 is 0 Å². The zero-order chi connectivity index (χ0) is 15.3. The standard InChI is InChI=1S/C14H19N3O3S/c1-9-14(2,5-6-20-9)17-21(18,19)13-8-16-12-4-3-10(15)7-11(12)13/h3-4,7-9,16-17H,5-6,15H2,1-2H3. The molecule has 1 aromatic carbocycles.